The first-order valence-corrected chi connectivity index (χ1v) is 8.99. The Morgan fingerprint density at radius 3 is 2.56 bits per heavy atom. The fourth-order valence-corrected chi connectivity index (χ4v) is 3.54. The Hall–Kier alpha value is -3.11. The number of nitrogens with zero attached hydrogens (tertiary/aromatic N) is 1. The number of carbonyl (C=O) groups is 3. The molecular formula is C20H19NO5S. The summed E-state index contributed by atoms with van der Waals surface area (Å²) in [5.74, 6) is 0.534. The highest BCUT2D eigenvalue weighted by atomic mass is 32.1. The van der Waals surface area contributed by atoms with Gasteiger partial charge in [-0.25, -0.2) is 0 Å². The normalized spacial score (nSPS) is 11.3. The Morgan fingerprint density at radius 2 is 2.04 bits per heavy atom. The summed E-state index contributed by atoms with van der Waals surface area (Å²) in [6, 6.07) is 7.57. The predicted octanol–water partition coefficient (Wildman–Crippen LogP) is 3.21. The van der Waals surface area contributed by atoms with Crippen molar-refractivity contribution in [3.8, 4) is 18.1 Å². The lowest BCUT2D eigenvalue weighted by atomic mass is 10.0. The van der Waals surface area contributed by atoms with Crippen molar-refractivity contribution in [3.05, 3.63) is 46.2 Å². The zero-order chi connectivity index (χ0) is 20.0. The molecule has 0 aliphatic rings. The first-order chi connectivity index (χ1) is 12.9. The van der Waals surface area contributed by atoms with E-state index < -0.39 is 23.7 Å². The number of hydrogen-bond donors (Lipinski definition) is 1. The van der Waals surface area contributed by atoms with Crippen molar-refractivity contribution < 1.29 is 24.2 Å². The quantitative estimate of drug-likeness (QED) is 0.706. The molecule has 140 valence electrons. The number of amides is 1. The molecule has 0 bridgehead atoms. The fourth-order valence-electron chi connectivity index (χ4n) is 2.70. The maximum Gasteiger partial charge on any atom is 0.303 e. The number of Topliss-reactive ketones (excluding diaryl/α,β-unsaturated/α-hetero) is 1. The van der Waals surface area contributed by atoms with Crippen molar-refractivity contribution in [3.63, 3.8) is 0 Å². The van der Waals surface area contributed by atoms with Crippen molar-refractivity contribution in [1.29, 1.82) is 0 Å². The Labute approximate surface area is 161 Å². The summed E-state index contributed by atoms with van der Waals surface area (Å²) in [6.45, 7) is 1.78. The average Bonchev–Trinajstić information content (AvgIpc) is 3.17. The van der Waals surface area contributed by atoms with Gasteiger partial charge in [0.25, 0.3) is 0 Å². The van der Waals surface area contributed by atoms with Gasteiger partial charge in [-0.05, 0) is 48.1 Å². The van der Waals surface area contributed by atoms with Crippen LogP contribution in [0.15, 0.2) is 35.7 Å². The SMILES string of the molecule is C#CC(=O)N(c1ccc(OC)cc1C)C(C(=O)CCC(=O)O)c1cccs1. The Kier molecular flexibility index (Phi) is 6.74. The van der Waals surface area contributed by atoms with Gasteiger partial charge >= 0.3 is 11.9 Å². The van der Waals surface area contributed by atoms with E-state index in [9.17, 15) is 14.4 Å². The Balaban J connectivity index is 2.55. The molecule has 2 rings (SSSR count). The number of carboxylic acid groups (broad SMARTS) is 1. The molecule has 0 aliphatic heterocycles. The highest BCUT2D eigenvalue weighted by molar-refractivity contribution is 7.10. The number of ketones is 1. The van der Waals surface area contributed by atoms with E-state index >= 15 is 0 Å². The topological polar surface area (TPSA) is 83.9 Å². The Morgan fingerprint density at radius 1 is 1.30 bits per heavy atom. The number of carboxylic acids is 1. The minimum absolute atomic E-state index is 0.207. The molecule has 27 heavy (non-hydrogen) atoms. The molecule has 0 radical (unpaired) electrons. The molecule has 6 nitrogen and oxygen atoms in total. The van der Waals surface area contributed by atoms with Crippen LogP contribution in [-0.4, -0.2) is 29.9 Å². The number of aliphatic carboxylic acids is 1. The second-order valence-electron chi connectivity index (χ2n) is 5.75. The number of ether oxygens (including phenoxy) is 1. The molecular weight excluding hydrogens is 366 g/mol. The van der Waals surface area contributed by atoms with Gasteiger partial charge in [0.1, 0.15) is 11.8 Å². The number of benzene rings is 1. The Bertz CT molecular complexity index is 882. The molecule has 0 aliphatic carbocycles. The van der Waals surface area contributed by atoms with Crippen LogP contribution in [0.4, 0.5) is 5.69 Å². The summed E-state index contributed by atoms with van der Waals surface area (Å²) in [4.78, 5) is 38.2. The van der Waals surface area contributed by atoms with Crippen molar-refractivity contribution in [1.82, 2.24) is 0 Å². The minimum atomic E-state index is -1.08. The third-order valence-corrected chi connectivity index (χ3v) is 4.89. The summed E-state index contributed by atoms with van der Waals surface area (Å²) in [5, 5.41) is 10.7. The maximum atomic E-state index is 12.9. The van der Waals surface area contributed by atoms with Crippen molar-refractivity contribution in [2.75, 3.05) is 12.0 Å². The second-order valence-corrected chi connectivity index (χ2v) is 6.73. The molecule has 2 aromatic rings. The number of rotatable bonds is 8. The standard InChI is InChI=1S/C20H19NO5S/c1-4-18(23)21(15-8-7-14(26-3)12-13(15)2)20(17-6-5-11-27-17)16(22)9-10-19(24)25/h1,5-8,11-12,20H,9-10H2,2-3H3,(H,24,25). The van der Waals surface area contributed by atoms with Crippen molar-refractivity contribution in [2.45, 2.75) is 25.8 Å². The van der Waals surface area contributed by atoms with Gasteiger partial charge < -0.3 is 9.84 Å². The molecule has 0 saturated heterocycles. The lowest BCUT2D eigenvalue weighted by Gasteiger charge is -2.30. The molecule has 1 amide bonds. The van der Waals surface area contributed by atoms with Gasteiger partial charge in [0, 0.05) is 17.0 Å². The van der Waals surface area contributed by atoms with E-state index in [0.717, 1.165) is 0 Å². The first kappa shape index (κ1) is 20.2. The van der Waals surface area contributed by atoms with Gasteiger partial charge in [0.15, 0.2) is 5.78 Å². The van der Waals surface area contributed by atoms with Crippen LogP contribution < -0.4 is 9.64 Å². The molecule has 0 saturated carbocycles. The molecule has 7 heteroatoms. The van der Waals surface area contributed by atoms with Gasteiger partial charge in [-0.1, -0.05) is 6.07 Å². The van der Waals surface area contributed by atoms with E-state index in [1.165, 1.54) is 23.3 Å². The van der Waals surface area contributed by atoms with Gasteiger partial charge in [0.05, 0.1) is 13.5 Å². The summed E-state index contributed by atoms with van der Waals surface area (Å²) in [7, 11) is 1.53. The van der Waals surface area contributed by atoms with Crippen molar-refractivity contribution in [2.24, 2.45) is 0 Å². The molecule has 1 atom stereocenters. The third kappa shape index (κ3) is 4.74. The van der Waals surface area contributed by atoms with Crippen molar-refractivity contribution >= 4 is 34.7 Å². The summed E-state index contributed by atoms with van der Waals surface area (Å²) in [6.07, 6.45) is 4.84. The van der Waals surface area contributed by atoms with Crippen LogP contribution in [-0.2, 0) is 14.4 Å². The lowest BCUT2D eigenvalue weighted by molar-refractivity contribution is -0.138. The van der Waals surface area contributed by atoms with Crippen LogP contribution in [0.25, 0.3) is 0 Å². The molecule has 1 heterocycles. The minimum Gasteiger partial charge on any atom is -0.497 e. The molecule has 1 unspecified atom stereocenters. The van der Waals surface area contributed by atoms with E-state index in [1.54, 1.807) is 42.6 Å². The zero-order valence-electron chi connectivity index (χ0n) is 15.0. The van der Waals surface area contributed by atoms with E-state index in [2.05, 4.69) is 5.92 Å². The highest BCUT2D eigenvalue weighted by Crippen LogP contribution is 2.35. The molecule has 1 N–H and O–H groups in total. The van der Waals surface area contributed by atoms with Crippen LogP contribution in [0.3, 0.4) is 0 Å². The lowest BCUT2D eigenvalue weighted by Crippen LogP contribution is -2.38. The van der Waals surface area contributed by atoms with Gasteiger partial charge in [-0.15, -0.1) is 17.8 Å². The zero-order valence-corrected chi connectivity index (χ0v) is 15.8. The molecule has 1 aromatic heterocycles. The highest BCUT2D eigenvalue weighted by Gasteiger charge is 2.33. The molecule has 1 aromatic carbocycles. The maximum absolute atomic E-state index is 12.9. The number of terminal acetylenes is 1. The monoisotopic (exact) mass is 385 g/mol. The van der Waals surface area contributed by atoms with E-state index in [0.29, 0.717) is 21.9 Å². The summed E-state index contributed by atoms with van der Waals surface area (Å²) in [5.41, 5.74) is 1.17. The van der Waals surface area contributed by atoms with E-state index in [4.69, 9.17) is 16.3 Å². The largest absolute Gasteiger partial charge is 0.497 e. The summed E-state index contributed by atoms with van der Waals surface area (Å²) >= 11 is 1.30. The average molecular weight is 385 g/mol. The fraction of sp³-hybridized carbons (Fsp3) is 0.250. The van der Waals surface area contributed by atoms with Gasteiger partial charge in [-0.3, -0.25) is 19.3 Å². The molecule has 0 spiro atoms. The summed E-state index contributed by atoms with van der Waals surface area (Å²) < 4.78 is 5.19. The second kappa shape index (κ2) is 9.01. The smallest absolute Gasteiger partial charge is 0.303 e. The van der Waals surface area contributed by atoms with Crippen LogP contribution in [0.2, 0.25) is 0 Å². The number of aryl methyl sites for hydroxylation is 1. The number of anilines is 1. The van der Waals surface area contributed by atoms with Crippen LogP contribution in [0.5, 0.6) is 5.75 Å². The third-order valence-electron chi connectivity index (χ3n) is 3.97. The van der Waals surface area contributed by atoms with Crippen LogP contribution >= 0.6 is 11.3 Å². The van der Waals surface area contributed by atoms with Crippen LogP contribution in [0.1, 0.15) is 29.3 Å². The predicted molar refractivity (Wildman–Crippen MR) is 103 cm³/mol. The number of carbonyl (C=O) groups excluding carboxylic acids is 2. The van der Waals surface area contributed by atoms with Gasteiger partial charge in [0.2, 0.25) is 0 Å². The van der Waals surface area contributed by atoms with E-state index in [-0.39, 0.29) is 12.8 Å². The van der Waals surface area contributed by atoms with Gasteiger partial charge in [-0.2, -0.15) is 0 Å². The molecule has 0 fully saturated rings. The number of hydrogen-bond acceptors (Lipinski definition) is 5. The first-order valence-electron chi connectivity index (χ1n) is 8.11. The van der Waals surface area contributed by atoms with Crippen LogP contribution in [0, 0.1) is 19.3 Å². The van der Waals surface area contributed by atoms with E-state index in [1.807, 2.05) is 0 Å². The number of thiophene rings is 1. The number of methoxy groups -OCH3 is 1.